The first-order chi connectivity index (χ1) is 8.54. The zero-order chi connectivity index (χ0) is 13.1. The second-order valence-corrected chi connectivity index (χ2v) is 4.95. The number of nitrogens with zero attached hydrogens (tertiary/aromatic N) is 2. The van der Waals surface area contributed by atoms with Gasteiger partial charge in [0.05, 0.1) is 11.8 Å². The summed E-state index contributed by atoms with van der Waals surface area (Å²) in [5, 5.41) is 9.88. The monoisotopic (exact) mass is 263 g/mol. The summed E-state index contributed by atoms with van der Waals surface area (Å²) in [7, 11) is 0. The number of aliphatic hydroxyl groups excluding tert-OH is 1. The summed E-state index contributed by atoms with van der Waals surface area (Å²) in [5.74, 6) is 0. The zero-order valence-electron chi connectivity index (χ0n) is 10.0. The Labute approximate surface area is 108 Å². The molecular formula is C12H13N3O2S. The summed E-state index contributed by atoms with van der Waals surface area (Å²) in [6.07, 6.45) is 1.07. The van der Waals surface area contributed by atoms with Crippen LogP contribution in [-0.4, -0.2) is 20.1 Å². The second kappa shape index (κ2) is 5.32. The van der Waals surface area contributed by atoms with E-state index in [1.807, 2.05) is 6.07 Å². The fraction of sp³-hybridized carbons (Fsp3) is 0.250. The van der Waals surface area contributed by atoms with Crippen LogP contribution in [0.15, 0.2) is 39.2 Å². The van der Waals surface area contributed by atoms with Crippen LogP contribution < -0.4 is 5.56 Å². The molecule has 0 aliphatic heterocycles. The summed E-state index contributed by atoms with van der Waals surface area (Å²) in [6.45, 7) is 3.43. The molecule has 0 amide bonds. The molecule has 94 valence electrons. The fourth-order valence-corrected chi connectivity index (χ4v) is 2.22. The highest BCUT2D eigenvalue weighted by Crippen LogP contribution is 2.23. The molecule has 2 aromatic heterocycles. The van der Waals surface area contributed by atoms with Crippen LogP contribution in [-0.2, 0) is 0 Å². The molecule has 0 radical (unpaired) electrons. The Morgan fingerprint density at radius 1 is 1.44 bits per heavy atom. The number of H-pyrrole nitrogens is 1. The van der Waals surface area contributed by atoms with Crippen molar-refractivity contribution in [3.8, 4) is 0 Å². The molecule has 0 aliphatic rings. The van der Waals surface area contributed by atoms with E-state index in [1.54, 1.807) is 26.1 Å². The summed E-state index contributed by atoms with van der Waals surface area (Å²) in [6, 6.07) is 5.03. The second-order valence-electron chi connectivity index (χ2n) is 3.89. The average Bonchev–Trinajstić information content (AvgIpc) is 2.28. The SMILES string of the molecule is Cc1cc(=O)[nH]c(Sc2ccc([C@@H](C)O)nc2)n1. The Morgan fingerprint density at radius 3 is 2.78 bits per heavy atom. The lowest BCUT2D eigenvalue weighted by molar-refractivity contribution is 0.194. The van der Waals surface area contributed by atoms with Gasteiger partial charge in [0.2, 0.25) is 0 Å². The number of aromatic amines is 1. The van der Waals surface area contributed by atoms with Gasteiger partial charge < -0.3 is 10.1 Å². The molecule has 0 spiro atoms. The van der Waals surface area contributed by atoms with Gasteiger partial charge in [0.25, 0.3) is 5.56 Å². The van der Waals surface area contributed by atoms with Gasteiger partial charge >= 0.3 is 0 Å². The first-order valence-corrected chi connectivity index (χ1v) is 6.26. The van der Waals surface area contributed by atoms with Crippen molar-refractivity contribution in [2.45, 2.75) is 30.0 Å². The van der Waals surface area contributed by atoms with Crippen LogP contribution >= 0.6 is 11.8 Å². The molecule has 0 aromatic carbocycles. The van der Waals surface area contributed by atoms with Gasteiger partial charge in [-0.3, -0.25) is 9.78 Å². The fourth-order valence-electron chi connectivity index (χ4n) is 1.41. The van der Waals surface area contributed by atoms with Crippen molar-refractivity contribution in [2.75, 3.05) is 0 Å². The average molecular weight is 263 g/mol. The molecule has 6 heteroatoms. The van der Waals surface area contributed by atoms with E-state index in [0.29, 0.717) is 16.5 Å². The third kappa shape index (κ3) is 3.18. The van der Waals surface area contributed by atoms with Crippen molar-refractivity contribution in [3.63, 3.8) is 0 Å². The normalized spacial score (nSPS) is 12.4. The van der Waals surface area contributed by atoms with E-state index in [4.69, 9.17) is 0 Å². The van der Waals surface area contributed by atoms with Crippen molar-refractivity contribution >= 4 is 11.8 Å². The number of aromatic nitrogens is 3. The number of hydrogen-bond acceptors (Lipinski definition) is 5. The van der Waals surface area contributed by atoms with Gasteiger partial charge in [0, 0.05) is 22.9 Å². The first kappa shape index (κ1) is 12.8. The number of rotatable bonds is 3. The highest BCUT2D eigenvalue weighted by molar-refractivity contribution is 7.99. The van der Waals surface area contributed by atoms with Crippen LogP contribution in [0.5, 0.6) is 0 Å². The van der Waals surface area contributed by atoms with Crippen LogP contribution in [0.4, 0.5) is 0 Å². The molecule has 5 nitrogen and oxygen atoms in total. The molecule has 18 heavy (non-hydrogen) atoms. The third-order valence-corrected chi connectivity index (χ3v) is 3.11. The van der Waals surface area contributed by atoms with Gasteiger partial charge in [-0.1, -0.05) is 11.8 Å². The number of aryl methyl sites for hydroxylation is 1. The lowest BCUT2D eigenvalue weighted by Crippen LogP contribution is -2.07. The minimum Gasteiger partial charge on any atom is -0.387 e. The minimum atomic E-state index is -0.582. The maximum absolute atomic E-state index is 11.3. The Hall–Kier alpha value is -1.66. The molecule has 2 N–H and O–H groups in total. The van der Waals surface area contributed by atoms with E-state index in [-0.39, 0.29) is 5.56 Å². The van der Waals surface area contributed by atoms with Crippen molar-refractivity contribution in [1.29, 1.82) is 0 Å². The van der Waals surface area contributed by atoms with Gasteiger partial charge in [0.15, 0.2) is 5.16 Å². The van der Waals surface area contributed by atoms with E-state index in [2.05, 4.69) is 15.0 Å². The molecule has 0 saturated carbocycles. The van der Waals surface area contributed by atoms with Crippen LogP contribution in [0.25, 0.3) is 0 Å². The molecule has 0 saturated heterocycles. The number of aliphatic hydroxyl groups is 1. The Bertz CT molecular complexity index is 593. The first-order valence-electron chi connectivity index (χ1n) is 5.44. The third-order valence-electron chi connectivity index (χ3n) is 2.25. The van der Waals surface area contributed by atoms with Gasteiger partial charge in [-0.05, 0) is 26.0 Å². The molecule has 1 atom stereocenters. The van der Waals surface area contributed by atoms with Gasteiger partial charge in [0.1, 0.15) is 0 Å². The lowest BCUT2D eigenvalue weighted by Gasteiger charge is -2.05. The summed E-state index contributed by atoms with van der Waals surface area (Å²) in [5.41, 5.74) is 1.12. The molecule has 0 bridgehead atoms. The van der Waals surface area contributed by atoms with E-state index < -0.39 is 6.10 Å². The van der Waals surface area contributed by atoms with E-state index in [1.165, 1.54) is 17.8 Å². The molecule has 0 aliphatic carbocycles. The van der Waals surface area contributed by atoms with E-state index >= 15 is 0 Å². The Morgan fingerprint density at radius 2 is 2.22 bits per heavy atom. The summed E-state index contributed by atoms with van der Waals surface area (Å²) in [4.78, 5) is 23.1. The Balaban J connectivity index is 2.20. The van der Waals surface area contributed by atoms with Gasteiger partial charge in [-0.15, -0.1) is 0 Å². The maximum atomic E-state index is 11.3. The van der Waals surface area contributed by atoms with Crippen LogP contribution in [0.3, 0.4) is 0 Å². The van der Waals surface area contributed by atoms with Crippen molar-refractivity contribution in [2.24, 2.45) is 0 Å². The van der Waals surface area contributed by atoms with Crippen LogP contribution in [0.2, 0.25) is 0 Å². The van der Waals surface area contributed by atoms with Gasteiger partial charge in [-0.2, -0.15) is 0 Å². The van der Waals surface area contributed by atoms with Gasteiger partial charge in [-0.25, -0.2) is 4.98 Å². The smallest absolute Gasteiger partial charge is 0.251 e. The Kier molecular flexibility index (Phi) is 3.78. The molecule has 2 heterocycles. The predicted octanol–water partition coefficient (Wildman–Crippen LogP) is 1.68. The standard InChI is InChI=1S/C12H13N3O2S/c1-7-5-11(17)15-12(14-7)18-9-3-4-10(8(2)16)13-6-9/h3-6,8,16H,1-2H3,(H,14,15,17)/t8-/m1/s1. The highest BCUT2D eigenvalue weighted by atomic mass is 32.2. The highest BCUT2D eigenvalue weighted by Gasteiger charge is 2.05. The molecule has 2 rings (SSSR count). The van der Waals surface area contributed by atoms with E-state index in [9.17, 15) is 9.90 Å². The predicted molar refractivity (Wildman–Crippen MR) is 68.6 cm³/mol. The quantitative estimate of drug-likeness (QED) is 0.824. The summed E-state index contributed by atoms with van der Waals surface area (Å²) >= 11 is 1.33. The van der Waals surface area contributed by atoms with Crippen LogP contribution in [0.1, 0.15) is 24.4 Å². The molecule has 2 aromatic rings. The summed E-state index contributed by atoms with van der Waals surface area (Å²) < 4.78 is 0. The number of hydrogen-bond donors (Lipinski definition) is 2. The van der Waals surface area contributed by atoms with Crippen molar-refractivity contribution < 1.29 is 5.11 Å². The molecule has 0 fully saturated rings. The number of nitrogens with one attached hydrogen (secondary N) is 1. The largest absolute Gasteiger partial charge is 0.387 e. The lowest BCUT2D eigenvalue weighted by atomic mass is 10.2. The minimum absolute atomic E-state index is 0.168. The number of pyridine rings is 1. The molecule has 0 unspecified atom stereocenters. The van der Waals surface area contributed by atoms with Crippen LogP contribution in [0, 0.1) is 6.92 Å². The zero-order valence-corrected chi connectivity index (χ0v) is 10.9. The maximum Gasteiger partial charge on any atom is 0.251 e. The van der Waals surface area contributed by atoms with Crippen molar-refractivity contribution in [3.05, 3.63) is 46.1 Å². The van der Waals surface area contributed by atoms with Crippen molar-refractivity contribution in [1.82, 2.24) is 15.0 Å². The van der Waals surface area contributed by atoms with E-state index in [0.717, 1.165) is 4.90 Å². The topological polar surface area (TPSA) is 78.9 Å². The molecular weight excluding hydrogens is 250 g/mol.